The second kappa shape index (κ2) is 3.87. The van der Waals surface area contributed by atoms with Crippen LogP contribution < -0.4 is 5.32 Å². The van der Waals surface area contributed by atoms with Gasteiger partial charge in [0.15, 0.2) is 0 Å². The Morgan fingerprint density at radius 1 is 1.50 bits per heavy atom. The van der Waals surface area contributed by atoms with Crippen molar-refractivity contribution in [2.45, 2.75) is 31.9 Å². The normalized spacial score (nSPS) is 25.6. The van der Waals surface area contributed by atoms with E-state index in [0.717, 1.165) is 28.8 Å². The highest BCUT2D eigenvalue weighted by Gasteiger charge is 2.28. The molecule has 1 aromatic rings. The van der Waals surface area contributed by atoms with E-state index in [1.54, 1.807) is 0 Å². The molecule has 3 nitrogen and oxygen atoms in total. The second-order valence-electron chi connectivity index (χ2n) is 3.66. The summed E-state index contributed by atoms with van der Waals surface area (Å²) in [5.41, 5.74) is 0.962. The topological polar surface area (TPSA) is 45.2 Å². The fourth-order valence-electron chi connectivity index (χ4n) is 1.47. The van der Waals surface area contributed by atoms with Crippen LogP contribution in [-0.4, -0.2) is 22.2 Å². The lowest BCUT2D eigenvalue weighted by atomic mass is 9.89. The predicted octanol–water partition coefficient (Wildman–Crippen LogP) is 2.09. The van der Waals surface area contributed by atoms with Crippen LogP contribution >= 0.6 is 15.9 Å². The standard InChI is InChI=1S/C10H13BrN2O/c1-6-7(11)2-5-10(12-6)13-8-3-4-9(8)14/h2,5,8-9,14H,3-4H2,1H3,(H,12,13)/t8-,9-/m1/s1. The molecule has 4 heteroatoms. The lowest BCUT2D eigenvalue weighted by Gasteiger charge is -2.33. The van der Waals surface area contributed by atoms with Gasteiger partial charge in [-0.3, -0.25) is 0 Å². The minimum Gasteiger partial charge on any atom is -0.391 e. The Labute approximate surface area is 91.7 Å². The second-order valence-corrected chi connectivity index (χ2v) is 4.51. The van der Waals surface area contributed by atoms with Gasteiger partial charge in [0.05, 0.1) is 17.8 Å². The Morgan fingerprint density at radius 3 is 2.79 bits per heavy atom. The van der Waals surface area contributed by atoms with E-state index in [1.165, 1.54) is 0 Å². The zero-order valence-corrected chi connectivity index (χ0v) is 9.58. The van der Waals surface area contributed by atoms with Crippen molar-refractivity contribution in [2.75, 3.05) is 5.32 Å². The van der Waals surface area contributed by atoms with Crippen LogP contribution in [0.3, 0.4) is 0 Å². The lowest BCUT2D eigenvalue weighted by molar-refractivity contribution is 0.0784. The number of hydrogen-bond donors (Lipinski definition) is 2. The summed E-state index contributed by atoms with van der Waals surface area (Å²) in [6.07, 6.45) is 1.71. The molecule has 2 N–H and O–H groups in total. The molecule has 76 valence electrons. The highest BCUT2D eigenvalue weighted by atomic mass is 79.9. The molecule has 0 aromatic carbocycles. The van der Waals surface area contributed by atoms with Crippen LogP contribution in [0.5, 0.6) is 0 Å². The van der Waals surface area contributed by atoms with Gasteiger partial charge in [-0.1, -0.05) is 0 Å². The summed E-state index contributed by atoms with van der Waals surface area (Å²) in [5.74, 6) is 0.842. The van der Waals surface area contributed by atoms with Gasteiger partial charge in [0.2, 0.25) is 0 Å². The smallest absolute Gasteiger partial charge is 0.126 e. The van der Waals surface area contributed by atoms with Gasteiger partial charge in [-0.2, -0.15) is 0 Å². The van der Waals surface area contributed by atoms with Crippen molar-refractivity contribution >= 4 is 21.7 Å². The lowest BCUT2D eigenvalue weighted by Crippen LogP contribution is -2.42. The van der Waals surface area contributed by atoms with E-state index in [4.69, 9.17) is 0 Å². The highest BCUT2D eigenvalue weighted by Crippen LogP contribution is 2.24. The molecule has 0 spiro atoms. The monoisotopic (exact) mass is 256 g/mol. The number of aliphatic hydroxyl groups excluding tert-OH is 1. The van der Waals surface area contributed by atoms with Gasteiger partial charge in [-0.25, -0.2) is 4.98 Å². The first-order valence-corrected chi connectivity index (χ1v) is 5.54. The molecule has 2 rings (SSSR count). The molecule has 1 heterocycles. The van der Waals surface area contributed by atoms with Crippen LogP contribution in [0.2, 0.25) is 0 Å². The van der Waals surface area contributed by atoms with E-state index >= 15 is 0 Å². The molecule has 1 aromatic heterocycles. The first-order chi connectivity index (χ1) is 6.66. The average molecular weight is 257 g/mol. The van der Waals surface area contributed by atoms with E-state index in [0.29, 0.717) is 0 Å². The summed E-state index contributed by atoms with van der Waals surface area (Å²) >= 11 is 3.40. The van der Waals surface area contributed by atoms with Crippen LogP contribution in [-0.2, 0) is 0 Å². The summed E-state index contributed by atoms with van der Waals surface area (Å²) in [5, 5.41) is 12.6. The van der Waals surface area contributed by atoms with Crippen LogP contribution in [0, 0.1) is 6.92 Å². The average Bonchev–Trinajstić information content (AvgIpc) is 2.17. The maximum absolute atomic E-state index is 9.39. The van der Waals surface area contributed by atoms with Crippen molar-refractivity contribution in [1.82, 2.24) is 4.98 Å². The van der Waals surface area contributed by atoms with Gasteiger partial charge in [0, 0.05) is 4.47 Å². The number of rotatable bonds is 2. The number of aryl methyl sites for hydroxylation is 1. The third-order valence-electron chi connectivity index (χ3n) is 2.59. The SMILES string of the molecule is Cc1nc(N[C@@H]2CC[C@H]2O)ccc1Br. The molecule has 0 aliphatic heterocycles. The molecule has 0 amide bonds. The Balaban J connectivity index is 2.06. The molecule has 0 bridgehead atoms. The van der Waals surface area contributed by atoms with Gasteiger partial charge < -0.3 is 10.4 Å². The number of hydrogen-bond acceptors (Lipinski definition) is 3. The number of halogens is 1. The van der Waals surface area contributed by atoms with E-state index in [-0.39, 0.29) is 12.1 Å². The maximum atomic E-state index is 9.39. The van der Waals surface area contributed by atoms with Crippen molar-refractivity contribution in [2.24, 2.45) is 0 Å². The largest absolute Gasteiger partial charge is 0.391 e. The molecule has 1 aliphatic carbocycles. The molecule has 1 aliphatic rings. The van der Waals surface area contributed by atoms with Gasteiger partial charge in [0.1, 0.15) is 5.82 Å². The van der Waals surface area contributed by atoms with Crippen LogP contribution in [0.15, 0.2) is 16.6 Å². The molecule has 0 radical (unpaired) electrons. The van der Waals surface area contributed by atoms with Crippen molar-refractivity contribution in [1.29, 1.82) is 0 Å². The maximum Gasteiger partial charge on any atom is 0.126 e. The van der Waals surface area contributed by atoms with Gasteiger partial charge in [-0.05, 0) is 47.8 Å². The molecular weight excluding hydrogens is 244 g/mol. The Kier molecular flexibility index (Phi) is 2.74. The fraction of sp³-hybridized carbons (Fsp3) is 0.500. The first kappa shape index (κ1) is 9.93. The van der Waals surface area contributed by atoms with Gasteiger partial charge >= 0.3 is 0 Å². The molecular formula is C10H13BrN2O. The summed E-state index contributed by atoms with van der Waals surface area (Å²) in [4.78, 5) is 4.36. The van der Waals surface area contributed by atoms with Crippen molar-refractivity contribution < 1.29 is 5.11 Å². The molecule has 0 unspecified atom stereocenters. The number of aliphatic hydroxyl groups is 1. The number of nitrogens with one attached hydrogen (secondary N) is 1. The third-order valence-corrected chi connectivity index (χ3v) is 3.43. The Hall–Kier alpha value is -0.610. The number of nitrogens with zero attached hydrogens (tertiary/aromatic N) is 1. The van der Waals surface area contributed by atoms with Gasteiger partial charge in [-0.15, -0.1) is 0 Å². The van der Waals surface area contributed by atoms with Crippen LogP contribution in [0.1, 0.15) is 18.5 Å². The van der Waals surface area contributed by atoms with Crippen molar-refractivity contribution in [3.8, 4) is 0 Å². The molecule has 1 saturated carbocycles. The number of pyridine rings is 1. The molecule has 14 heavy (non-hydrogen) atoms. The molecule has 1 fully saturated rings. The fourth-order valence-corrected chi connectivity index (χ4v) is 1.69. The van der Waals surface area contributed by atoms with Crippen LogP contribution in [0.25, 0.3) is 0 Å². The summed E-state index contributed by atoms with van der Waals surface area (Å²) in [7, 11) is 0. The minimum absolute atomic E-state index is 0.183. The summed E-state index contributed by atoms with van der Waals surface area (Å²) in [6.45, 7) is 1.95. The van der Waals surface area contributed by atoms with Crippen molar-refractivity contribution in [3.63, 3.8) is 0 Å². The van der Waals surface area contributed by atoms with E-state index in [1.807, 2.05) is 19.1 Å². The zero-order chi connectivity index (χ0) is 10.1. The van der Waals surface area contributed by atoms with E-state index in [9.17, 15) is 5.11 Å². The van der Waals surface area contributed by atoms with Crippen LogP contribution in [0.4, 0.5) is 5.82 Å². The molecule has 2 atom stereocenters. The van der Waals surface area contributed by atoms with Gasteiger partial charge in [0.25, 0.3) is 0 Å². The third kappa shape index (κ3) is 1.91. The highest BCUT2D eigenvalue weighted by molar-refractivity contribution is 9.10. The Morgan fingerprint density at radius 2 is 2.29 bits per heavy atom. The summed E-state index contributed by atoms with van der Waals surface area (Å²) in [6, 6.07) is 4.07. The van der Waals surface area contributed by atoms with E-state index in [2.05, 4.69) is 26.2 Å². The molecule has 0 saturated heterocycles. The first-order valence-electron chi connectivity index (χ1n) is 4.74. The number of aromatic nitrogens is 1. The van der Waals surface area contributed by atoms with Crippen molar-refractivity contribution in [3.05, 3.63) is 22.3 Å². The van der Waals surface area contributed by atoms with E-state index < -0.39 is 0 Å². The zero-order valence-electron chi connectivity index (χ0n) is 8.00. The minimum atomic E-state index is -0.208. The predicted molar refractivity (Wildman–Crippen MR) is 59.3 cm³/mol. The number of anilines is 1. The Bertz CT molecular complexity index is 343. The summed E-state index contributed by atoms with van der Waals surface area (Å²) < 4.78 is 1.01. The quantitative estimate of drug-likeness (QED) is 0.852.